The van der Waals surface area contributed by atoms with Crippen LogP contribution in [0.5, 0.6) is 0 Å². The molecular formula is C20H18BrF2N5O3. The number of aromatic nitrogens is 3. The van der Waals surface area contributed by atoms with Crippen LogP contribution in [-0.4, -0.2) is 27.0 Å². The number of H-pyrrole nitrogens is 1. The summed E-state index contributed by atoms with van der Waals surface area (Å²) < 4.78 is 30.5. The summed E-state index contributed by atoms with van der Waals surface area (Å²) in [6, 6.07) is 5.27. The Morgan fingerprint density at radius 1 is 1.29 bits per heavy atom. The van der Waals surface area contributed by atoms with E-state index in [0.29, 0.717) is 22.7 Å². The number of amides is 1. The van der Waals surface area contributed by atoms with Crippen LogP contribution >= 0.6 is 15.9 Å². The Kier molecular flexibility index (Phi) is 6.14. The number of pyridine rings is 1. The van der Waals surface area contributed by atoms with Crippen molar-refractivity contribution in [3.63, 3.8) is 0 Å². The van der Waals surface area contributed by atoms with E-state index in [-0.39, 0.29) is 23.6 Å². The lowest BCUT2D eigenvalue weighted by Crippen LogP contribution is -2.35. The SMILES string of the molecule is O=C(NOCC1CC1)c1cc(Nc2ccc(Br)cc2F)c(F)c(=O)n1Cc1c[nH]cn1. The van der Waals surface area contributed by atoms with Crippen LogP contribution in [0.25, 0.3) is 0 Å². The number of anilines is 2. The number of imidazole rings is 1. The molecule has 8 nitrogen and oxygen atoms in total. The number of nitrogens with one attached hydrogen (secondary N) is 3. The summed E-state index contributed by atoms with van der Waals surface area (Å²) in [7, 11) is 0. The standard InChI is InChI=1S/C20H18BrF2N5O3/c21-12-3-4-15(14(22)5-12)26-16-6-17(19(29)27-31-9-11-1-2-11)28(20(30)18(16)23)8-13-7-24-10-25-13/h3-7,10-11,26H,1-2,8-9H2,(H,24,25)(H,27,29). The minimum atomic E-state index is -1.16. The zero-order valence-electron chi connectivity index (χ0n) is 16.1. The molecule has 1 aliphatic rings. The predicted octanol–water partition coefficient (Wildman–Crippen LogP) is 3.48. The second-order valence-corrected chi connectivity index (χ2v) is 8.06. The van der Waals surface area contributed by atoms with Crippen LogP contribution in [0.4, 0.5) is 20.2 Å². The van der Waals surface area contributed by atoms with Gasteiger partial charge in [0.05, 0.1) is 36.5 Å². The quantitative estimate of drug-likeness (QED) is 0.417. The van der Waals surface area contributed by atoms with E-state index in [2.05, 4.69) is 36.7 Å². The Hall–Kier alpha value is -3.05. The maximum Gasteiger partial charge on any atom is 0.291 e. The third-order valence-corrected chi connectivity index (χ3v) is 5.22. The number of nitrogens with zero attached hydrogens (tertiary/aromatic N) is 2. The zero-order chi connectivity index (χ0) is 22.0. The first-order chi connectivity index (χ1) is 14.9. The molecule has 1 fully saturated rings. The van der Waals surface area contributed by atoms with Crippen LogP contribution < -0.4 is 16.4 Å². The van der Waals surface area contributed by atoms with Crippen molar-refractivity contribution in [2.24, 2.45) is 5.92 Å². The number of carbonyl (C=O) groups is 1. The van der Waals surface area contributed by atoms with Crippen molar-refractivity contribution in [2.75, 3.05) is 11.9 Å². The molecule has 2 heterocycles. The van der Waals surface area contributed by atoms with Crippen molar-refractivity contribution in [1.82, 2.24) is 20.0 Å². The number of benzene rings is 1. The van der Waals surface area contributed by atoms with Crippen LogP contribution in [0.1, 0.15) is 29.0 Å². The lowest BCUT2D eigenvalue weighted by atomic mass is 10.2. The first kappa shape index (κ1) is 21.2. The molecule has 0 aliphatic heterocycles. The van der Waals surface area contributed by atoms with Crippen molar-refractivity contribution in [2.45, 2.75) is 19.4 Å². The van der Waals surface area contributed by atoms with Gasteiger partial charge < -0.3 is 10.3 Å². The molecule has 4 rings (SSSR count). The first-order valence-electron chi connectivity index (χ1n) is 9.47. The third-order valence-electron chi connectivity index (χ3n) is 4.73. The molecule has 0 atom stereocenters. The van der Waals surface area contributed by atoms with Gasteiger partial charge in [0, 0.05) is 10.7 Å². The van der Waals surface area contributed by atoms with E-state index in [0.717, 1.165) is 23.5 Å². The summed E-state index contributed by atoms with van der Waals surface area (Å²) in [4.78, 5) is 37.4. The molecule has 1 aromatic carbocycles. The summed E-state index contributed by atoms with van der Waals surface area (Å²) in [5.41, 5.74) is 1.11. The zero-order valence-corrected chi connectivity index (χ0v) is 17.7. The second kappa shape index (κ2) is 8.98. The topological polar surface area (TPSA) is 101 Å². The fraction of sp³-hybridized carbons (Fsp3) is 0.250. The van der Waals surface area contributed by atoms with E-state index >= 15 is 0 Å². The highest BCUT2D eigenvalue weighted by Crippen LogP contribution is 2.28. The Morgan fingerprint density at radius 2 is 2.10 bits per heavy atom. The van der Waals surface area contributed by atoms with Crippen molar-refractivity contribution in [1.29, 1.82) is 0 Å². The van der Waals surface area contributed by atoms with Crippen LogP contribution in [0.15, 0.2) is 46.1 Å². The van der Waals surface area contributed by atoms with Gasteiger partial charge in [0.15, 0.2) is 0 Å². The molecule has 2 aromatic heterocycles. The molecule has 1 amide bonds. The van der Waals surface area contributed by atoms with E-state index in [1.54, 1.807) is 6.07 Å². The van der Waals surface area contributed by atoms with E-state index < -0.39 is 23.1 Å². The molecule has 3 aromatic rings. The van der Waals surface area contributed by atoms with Crippen LogP contribution in [0, 0.1) is 17.6 Å². The Labute approximate surface area is 183 Å². The summed E-state index contributed by atoms with van der Waals surface area (Å²) in [5, 5.41) is 2.55. The van der Waals surface area contributed by atoms with E-state index in [1.807, 2.05) is 0 Å². The second-order valence-electron chi connectivity index (χ2n) is 7.14. The normalized spacial score (nSPS) is 13.3. The number of rotatable bonds is 8. The Balaban J connectivity index is 1.69. The molecule has 0 bridgehead atoms. The minimum absolute atomic E-state index is 0.0529. The molecule has 0 unspecified atom stereocenters. The molecule has 162 valence electrons. The first-order valence-corrected chi connectivity index (χ1v) is 10.3. The lowest BCUT2D eigenvalue weighted by molar-refractivity contribution is 0.0262. The number of halogens is 3. The van der Waals surface area contributed by atoms with Crippen LogP contribution in [-0.2, 0) is 11.4 Å². The number of carbonyl (C=O) groups excluding carboxylic acids is 1. The molecule has 1 aliphatic carbocycles. The molecule has 0 saturated heterocycles. The van der Waals surface area contributed by atoms with Crippen molar-refractivity contribution < 1.29 is 18.4 Å². The van der Waals surface area contributed by atoms with E-state index in [1.165, 1.54) is 24.7 Å². The average molecular weight is 494 g/mol. The monoisotopic (exact) mass is 493 g/mol. The highest BCUT2D eigenvalue weighted by atomic mass is 79.9. The lowest BCUT2D eigenvalue weighted by Gasteiger charge is -2.16. The largest absolute Gasteiger partial charge is 0.351 e. The summed E-state index contributed by atoms with van der Waals surface area (Å²) in [5.74, 6) is -2.15. The van der Waals surface area contributed by atoms with Gasteiger partial charge >= 0.3 is 0 Å². The Morgan fingerprint density at radius 3 is 2.77 bits per heavy atom. The maximum absolute atomic E-state index is 14.9. The van der Waals surface area contributed by atoms with Crippen LogP contribution in [0.3, 0.4) is 0 Å². The predicted molar refractivity (Wildman–Crippen MR) is 112 cm³/mol. The molecule has 31 heavy (non-hydrogen) atoms. The van der Waals surface area contributed by atoms with Crippen molar-refractivity contribution in [3.05, 3.63) is 74.6 Å². The van der Waals surface area contributed by atoms with E-state index in [4.69, 9.17) is 4.84 Å². The van der Waals surface area contributed by atoms with Gasteiger partial charge in [-0.15, -0.1) is 0 Å². The fourth-order valence-corrected chi connectivity index (χ4v) is 3.23. The molecule has 0 spiro atoms. The number of aromatic amines is 1. The van der Waals surface area contributed by atoms with E-state index in [9.17, 15) is 18.4 Å². The molecular weight excluding hydrogens is 476 g/mol. The molecule has 3 N–H and O–H groups in total. The van der Waals surface area contributed by atoms with Gasteiger partial charge in [0.1, 0.15) is 11.5 Å². The van der Waals surface area contributed by atoms with Gasteiger partial charge in [-0.3, -0.25) is 19.0 Å². The fourth-order valence-electron chi connectivity index (χ4n) is 2.89. The van der Waals surface area contributed by atoms with Crippen molar-refractivity contribution in [3.8, 4) is 0 Å². The van der Waals surface area contributed by atoms with Crippen molar-refractivity contribution >= 4 is 33.2 Å². The van der Waals surface area contributed by atoms with Crippen LogP contribution in [0.2, 0.25) is 0 Å². The van der Waals surface area contributed by atoms with Gasteiger partial charge in [-0.2, -0.15) is 4.39 Å². The number of hydrogen-bond donors (Lipinski definition) is 3. The van der Waals surface area contributed by atoms with Gasteiger partial charge in [-0.05, 0) is 43.0 Å². The summed E-state index contributed by atoms with van der Waals surface area (Å²) in [6.07, 6.45) is 4.99. The average Bonchev–Trinajstić information content (AvgIpc) is 3.42. The summed E-state index contributed by atoms with van der Waals surface area (Å²) in [6.45, 7) is 0.212. The molecule has 1 saturated carbocycles. The molecule has 0 radical (unpaired) electrons. The highest BCUT2D eigenvalue weighted by molar-refractivity contribution is 9.10. The highest BCUT2D eigenvalue weighted by Gasteiger charge is 2.24. The minimum Gasteiger partial charge on any atom is -0.351 e. The third kappa shape index (κ3) is 5.00. The van der Waals surface area contributed by atoms with Gasteiger partial charge in [0.25, 0.3) is 11.5 Å². The smallest absolute Gasteiger partial charge is 0.291 e. The maximum atomic E-state index is 14.9. The van der Waals surface area contributed by atoms with Gasteiger partial charge in [-0.25, -0.2) is 14.9 Å². The molecule has 11 heteroatoms. The number of hydrogen-bond acceptors (Lipinski definition) is 5. The van der Waals surface area contributed by atoms with Gasteiger partial charge in [0.2, 0.25) is 5.82 Å². The summed E-state index contributed by atoms with van der Waals surface area (Å²) >= 11 is 3.14. The number of hydroxylamine groups is 1. The van der Waals surface area contributed by atoms with Gasteiger partial charge in [-0.1, -0.05) is 15.9 Å². The Bertz CT molecular complexity index is 1160.